The summed E-state index contributed by atoms with van der Waals surface area (Å²) in [7, 11) is 0. The zero-order chi connectivity index (χ0) is 24.7. The van der Waals surface area contributed by atoms with Crippen LogP contribution in [0.2, 0.25) is 0 Å². The molecule has 33 heavy (non-hydrogen) atoms. The first kappa shape index (κ1) is 24.1. The van der Waals surface area contributed by atoms with Gasteiger partial charge in [0.1, 0.15) is 5.75 Å². The third kappa shape index (κ3) is 5.29. The first-order valence-corrected chi connectivity index (χ1v) is 9.54. The maximum atomic E-state index is 13.1. The van der Waals surface area contributed by atoms with Crippen LogP contribution in [-0.4, -0.2) is 24.5 Å². The number of nitrogens with one attached hydrogen (secondary N) is 1. The van der Waals surface area contributed by atoms with Gasteiger partial charge in [0.2, 0.25) is 0 Å². The van der Waals surface area contributed by atoms with Gasteiger partial charge in [0, 0.05) is 17.8 Å². The smallest absolute Gasteiger partial charge is 0.416 e. The fourth-order valence-electron chi connectivity index (χ4n) is 3.21. The lowest BCUT2D eigenvalue weighted by atomic mass is 10.0. The zero-order valence-electron chi connectivity index (χ0n) is 17.4. The predicted molar refractivity (Wildman–Crippen MR) is 108 cm³/mol. The summed E-state index contributed by atoms with van der Waals surface area (Å²) in [6.07, 6.45) is -10.9. The van der Waals surface area contributed by atoms with E-state index in [-0.39, 0.29) is 29.9 Å². The molecule has 2 aromatic carbocycles. The molecule has 5 nitrogen and oxygen atoms in total. The lowest BCUT2D eigenvalue weighted by Crippen LogP contribution is -2.45. The minimum Gasteiger partial charge on any atom is -0.479 e. The van der Waals surface area contributed by atoms with Gasteiger partial charge in [-0.3, -0.25) is 9.59 Å². The molecule has 0 saturated carbocycles. The molecule has 11 heteroatoms. The number of amides is 2. The van der Waals surface area contributed by atoms with Crippen LogP contribution in [0.3, 0.4) is 0 Å². The molecule has 0 bridgehead atoms. The molecule has 0 radical (unpaired) electrons. The number of ether oxygens (including phenoxy) is 1. The molecule has 0 fully saturated rings. The average Bonchev–Trinajstić information content (AvgIpc) is 2.70. The number of nitrogens with zero attached hydrogens (tertiary/aromatic N) is 1. The average molecular weight is 472 g/mol. The Labute approximate surface area is 184 Å². The van der Waals surface area contributed by atoms with Crippen LogP contribution in [0.1, 0.15) is 35.3 Å². The first-order chi connectivity index (χ1) is 15.2. The molecule has 1 N–H and O–H groups in total. The second kappa shape index (κ2) is 8.45. The van der Waals surface area contributed by atoms with Crippen LogP contribution in [0.4, 0.5) is 37.7 Å². The van der Waals surface area contributed by atoms with Crippen molar-refractivity contribution in [3.8, 4) is 5.75 Å². The lowest BCUT2D eigenvalue weighted by molar-refractivity contribution is -0.143. The molecule has 1 aliphatic heterocycles. The number of benzene rings is 2. The summed E-state index contributed by atoms with van der Waals surface area (Å²) < 4.78 is 84.0. The topological polar surface area (TPSA) is 58.6 Å². The fourth-order valence-corrected chi connectivity index (χ4v) is 3.21. The van der Waals surface area contributed by atoms with Crippen molar-refractivity contribution >= 4 is 23.2 Å². The number of halogens is 6. The number of anilines is 2. The zero-order valence-corrected chi connectivity index (χ0v) is 17.4. The van der Waals surface area contributed by atoms with E-state index in [9.17, 15) is 35.9 Å². The summed E-state index contributed by atoms with van der Waals surface area (Å²) in [6.45, 7) is 7.17. The third-order valence-electron chi connectivity index (χ3n) is 4.70. The SMILES string of the molecule is C=C(C)CN1C(=O)C(C)Oc2ccc(NC(=O)c3cc(C(F)(F)F)cc(C(F)(F)F)c3)cc21. The molecular formula is C22H18F6N2O3. The number of rotatable bonds is 4. The Hall–Kier alpha value is -3.50. The summed E-state index contributed by atoms with van der Waals surface area (Å²) in [6, 6.07) is 4.76. The largest absolute Gasteiger partial charge is 0.479 e. The predicted octanol–water partition coefficient (Wildman–Crippen LogP) is 5.67. The van der Waals surface area contributed by atoms with E-state index in [1.165, 1.54) is 23.1 Å². The Morgan fingerprint density at radius 1 is 1.06 bits per heavy atom. The minimum absolute atomic E-state index is 0.0439. The van der Waals surface area contributed by atoms with Gasteiger partial charge in [-0.1, -0.05) is 12.2 Å². The van der Waals surface area contributed by atoms with Gasteiger partial charge >= 0.3 is 12.4 Å². The minimum atomic E-state index is -5.08. The first-order valence-electron chi connectivity index (χ1n) is 9.54. The monoisotopic (exact) mass is 472 g/mol. The van der Waals surface area contributed by atoms with E-state index in [0.717, 1.165) is 0 Å². The van der Waals surface area contributed by atoms with Crippen LogP contribution in [0.25, 0.3) is 0 Å². The molecule has 1 aliphatic rings. The molecule has 0 aromatic heterocycles. The van der Waals surface area contributed by atoms with Gasteiger partial charge in [-0.15, -0.1) is 0 Å². The molecule has 2 aromatic rings. The quantitative estimate of drug-likeness (QED) is 0.461. The summed E-state index contributed by atoms with van der Waals surface area (Å²) in [4.78, 5) is 26.4. The molecular weight excluding hydrogens is 454 g/mol. The number of hydrogen-bond acceptors (Lipinski definition) is 3. The van der Waals surface area contributed by atoms with Crippen LogP contribution >= 0.6 is 0 Å². The van der Waals surface area contributed by atoms with E-state index in [1.54, 1.807) is 13.8 Å². The number of hydrogen-bond donors (Lipinski definition) is 1. The molecule has 1 atom stereocenters. The second-order valence-corrected chi connectivity index (χ2v) is 7.57. The highest BCUT2D eigenvalue weighted by atomic mass is 19.4. The van der Waals surface area contributed by atoms with Crippen molar-refractivity contribution in [3.05, 3.63) is 65.2 Å². The highest BCUT2D eigenvalue weighted by Crippen LogP contribution is 2.38. The van der Waals surface area contributed by atoms with Gasteiger partial charge in [0.15, 0.2) is 6.10 Å². The standard InChI is InChI=1S/C22H18F6N2O3/c1-11(2)10-30-17-9-16(4-5-18(17)33-12(3)20(30)32)29-19(31)13-6-14(21(23,24)25)8-15(7-13)22(26,27)28/h4-9,12H,1,10H2,2-3H3,(H,29,31). The second-order valence-electron chi connectivity index (χ2n) is 7.57. The normalized spacial score (nSPS) is 16.2. The molecule has 3 rings (SSSR count). The van der Waals surface area contributed by atoms with Gasteiger partial charge in [0.25, 0.3) is 11.8 Å². The van der Waals surface area contributed by atoms with E-state index in [4.69, 9.17) is 4.74 Å². The molecule has 1 heterocycles. The molecule has 176 valence electrons. The summed E-state index contributed by atoms with van der Waals surface area (Å²) in [5.41, 5.74) is -3.06. The Kier molecular flexibility index (Phi) is 6.18. The van der Waals surface area contributed by atoms with Gasteiger partial charge in [-0.05, 0) is 50.2 Å². The van der Waals surface area contributed by atoms with Crippen molar-refractivity contribution in [2.24, 2.45) is 0 Å². The van der Waals surface area contributed by atoms with Gasteiger partial charge in [0.05, 0.1) is 16.8 Å². The lowest BCUT2D eigenvalue weighted by Gasteiger charge is -2.33. The van der Waals surface area contributed by atoms with Crippen LogP contribution < -0.4 is 15.0 Å². The highest BCUT2D eigenvalue weighted by Gasteiger charge is 2.37. The van der Waals surface area contributed by atoms with Crippen molar-refractivity contribution in [2.45, 2.75) is 32.3 Å². The maximum Gasteiger partial charge on any atom is 0.416 e. The Bertz CT molecular complexity index is 1090. The van der Waals surface area contributed by atoms with E-state index in [0.29, 0.717) is 23.5 Å². The fraction of sp³-hybridized carbons (Fsp3) is 0.273. The summed E-state index contributed by atoms with van der Waals surface area (Å²) >= 11 is 0. The van der Waals surface area contributed by atoms with Gasteiger partial charge in [-0.2, -0.15) is 26.3 Å². The van der Waals surface area contributed by atoms with Crippen molar-refractivity contribution in [2.75, 3.05) is 16.8 Å². The Balaban J connectivity index is 1.97. The van der Waals surface area contributed by atoms with Crippen LogP contribution in [0.5, 0.6) is 5.75 Å². The molecule has 1 unspecified atom stereocenters. The highest BCUT2D eigenvalue weighted by molar-refractivity contribution is 6.06. The van der Waals surface area contributed by atoms with Gasteiger partial charge < -0.3 is 15.0 Å². The van der Waals surface area contributed by atoms with E-state index in [2.05, 4.69) is 11.9 Å². The van der Waals surface area contributed by atoms with Crippen LogP contribution in [-0.2, 0) is 17.1 Å². The summed E-state index contributed by atoms with van der Waals surface area (Å²) in [5.74, 6) is -1.24. The Morgan fingerprint density at radius 2 is 1.64 bits per heavy atom. The van der Waals surface area contributed by atoms with Crippen LogP contribution in [0, 0.1) is 0 Å². The number of carbonyl (C=O) groups excluding carboxylic acids is 2. The van der Waals surface area contributed by atoms with Crippen molar-refractivity contribution in [1.29, 1.82) is 0 Å². The van der Waals surface area contributed by atoms with E-state index >= 15 is 0 Å². The number of alkyl halides is 6. The van der Waals surface area contributed by atoms with E-state index < -0.39 is 41.1 Å². The van der Waals surface area contributed by atoms with Crippen molar-refractivity contribution in [1.82, 2.24) is 0 Å². The molecule has 0 aliphatic carbocycles. The number of carbonyl (C=O) groups is 2. The van der Waals surface area contributed by atoms with Crippen molar-refractivity contribution < 1.29 is 40.7 Å². The van der Waals surface area contributed by atoms with Crippen LogP contribution in [0.15, 0.2) is 48.6 Å². The van der Waals surface area contributed by atoms with E-state index in [1.807, 2.05) is 0 Å². The number of fused-ring (bicyclic) bond motifs is 1. The van der Waals surface area contributed by atoms with Gasteiger partial charge in [-0.25, -0.2) is 0 Å². The molecule has 2 amide bonds. The maximum absolute atomic E-state index is 13.1. The van der Waals surface area contributed by atoms with Crippen molar-refractivity contribution in [3.63, 3.8) is 0 Å². The Morgan fingerprint density at radius 3 is 2.15 bits per heavy atom. The molecule has 0 saturated heterocycles. The third-order valence-corrected chi connectivity index (χ3v) is 4.70. The summed E-state index contributed by atoms with van der Waals surface area (Å²) in [5, 5.41) is 2.28. The molecule has 0 spiro atoms.